The summed E-state index contributed by atoms with van der Waals surface area (Å²) in [6, 6.07) is 13.1. The van der Waals surface area contributed by atoms with Crippen molar-refractivity contribution < 1.29 is 9.39 Å². The molecular formula is C15H12BNO2. The predicted octanol–water partition coefficient (Wildman–Crippen LogP) is 3.39. The van der Waals surface area contributed by atoms with Gasteiger partial charge in [-0.15, -0.1) is 0 Å². The molecule has 2 aromatic carbocycles. The van der Waals surface area contributed by atoms with Crippen LogP contribution in [0.1, 0.15) is 5.56 Å². The van der Waals surface area contributed by atoms with E-state index in [-0.39, 0.29) is 6.92 Å². The first-order valence-corrected chi connectivity index (χ1v) is 6.16. The normalized spacial score (nSPS) is 12.9. The topological polar surface area (TPSA) is 22.8 Å². The number of nitrogens with zero attached hydrogens (tertiary/aromatic N) is 1. The van der Waals surface area contributed by atoms with Gasteiger partial charge in [-0.05, 0) is 35.3 Å². The molecule has 0 spiro atoms. The molecule has 3 nitrogen and oxygen atoms in total. The van der Waals surface area contributed by atoms with E-state index in [1.165, 1.54) is 11.0 Å². The monoisotopic (exact) mass is 249 g/mol. The Hall–Kier alpha value is -2.25. The van der Waals surface area contributed by atoms with E-state index < -0.39 is 0 Å². The summed E-state index contributed by atoms with van der Waals surface area (Å²) in [6.45, 7) is 9.77. The molecule has 4 heteroatoms. The summed E-state index contributed by atoms with van der Waals surface area (Å²) in [4.78, 5) is 3.35. The zero-order chi connectivity index (χ0) is 13.2. The third-order valence-electron chi connectivity index (χ3n) is 3.24. The molecule has 1 aliphatic heterocycles. The molecule has 0 N–H and O–H groups in total. The first-order valence-electron chi connectivity index (χ1n) is 6.16. The Labute approximate surface area is 112 Å². The molecule has 0 aliphatic carbocycles. The molecule has 0 amide bonds. The van der Waals surface area contributed by atoms with Crippen molar-refractivity contribution in [2.24, 2.45) is 0 Å². The number of fused-ring (bicyclic) bond motifs is 1. The Morgan fingerprint density at radius 2 is 1.89 bits per heavy atom. The van der Waals surface area contributed by atoms with Gasteiger partial charge in [-0.25, -0.2) is 4.85 Å². The van der Waals surface area contributed by atoms with Gasteiger partial charge in [0.05, 0.1) is 13.2 Å². The molecule has 0 radical (unpaired) electrons. The minimum Gasteiger partial charge on any atom is -0.457 e. The molecule has 0 saturated heterocycles. The van der Waals surface area contributed by atoms with Crippen molar-refractivity contribution in [2.45, 2.75) is 13.4 Å². The summed E-state index contributed by atoms with van der Waals surface area (Å²) >= 11 is 0. The van der Waals surface area contributed by atoms with Crippen LogP contribution in [0.2, 0.25) is 6.82 Å². The third-order valence-corrected chi connectivity index (χ3v) is 3.24. The van der Waals surface area contributed by atoms with Crippen molar-refractivity contribution in [1.29, 1.82) is 0 Å². The Kier molecular flexibility index (Phi) is 2.98. The maximum atomic E-state index is 6.91. The van der Waals surface area contributed by atoms with Gasteiger partial charge in [-0.3, -0.25) is 0 Å². The number of ether oxygens (including phenoxy) is 1. The van der Waals surface area contributed by atoms with Crippen LogP contribution in [0, 0.1) is 6.57 Å². The Morgan fingerprint density at radius 1 is 1.16 bits per heavy atom. The van der Waals surface area contributed by atoms with Crippen LogP contribution < -0.4 is 10.2 Å². The lowest BCUT2D eigenvalue weighted by Gasteiger charge is -2.07. The highest BCUT2D eigenvalue weighted by molar-refractivity contribution is 6.67. The molecule has 0 atom stereocenters. The minimum atomic E-state index is 0.169. The standard InChI is InChI=1S/C15H12BNO2/c1-16-15-8-7-14(9-11(15)10-18-16)19-13-5-3-12(17-2)4-6-13/h3-9H,10H2,1H3. The van der Waals surface area contributed by atoms with Gasteiger partial charge < -0.3 is 9.39 Å². The molecule has 19 heavy (non-hydrogen) atoms. The highest BCUT2D eigenvalue weighted by Crippen LogP contribution is 2.25. The van der Waals surface area contributed by atoms with E-state index in [9.17, 15) is 0 Å². The maximum absolute atomic E-state index is 6.91. The molecule has 0 aromatic heterocycles. The van der Waals surface area contributed by atoms with E-state index >= 15 is 0 Å². The number of hydrogen-bond donors (Lipinski definition) is 0. The van der Waals surface area contributed by atoms with E-state index in [2.05, 4.69) is 17.7 Å². The van der Waals surface area contributed by atoms with E-state index in [0.717, 1.165) is 11.5 Å². The average molecular weight is 249 g/mol. The lowest BCUT2D eigenvalue weighted by atomic mass is 9.64. The van der Waals surface area contributed by atoms with E-state index in [1.807, 2.05) is 12.1 Å². The van der Waals surface area contributed by atoms with Gasteiger partial charge in [0.15, 0.2) is 5.69 Å². The number of benzene rings is 2. The second kappa shape index (κ2) is 4.79. The van der Waals surface area contributed by atoms with Gasteiger partial charge in [0, 0.05) is 0 Å². The van der Waals surface area contributed by atoms with Crippen LogP contribution in [0.4, 0.5) is 5.69 Å². The van der Waals surface area contributed by atoms with Gasteiger partial charge in [-0.2, -0.15) is 0 Å². The Balaban J connectivity index is 1.82. The van der Waals surface area contributed by atoms with E-state index in [4.69, 9.17) is 16.0 Å². The van der Waals surface area contributed by atoms with Gasteiger partial charge in [0.25, 0.3) is 0 Å². The van der Waals surface area contributed by atoms with Crippen molar-refractivity contribution >= 4 is 18.1 Å². The van der Waals surface area contributed by atoms with Crippen LogP contribution in [0.3, 0.4) is 0 Å². The third kappa shape index (κ3) is 2.33. The van der Waals surface area contributed by atoms with Gasteiger partial charge in [0.2, 0.25) is 0 Å². The molecule has 0 unspecified atom stereocenters. The summed E-state index contributed by atoms with van der Waals surface area (Å²) < 4.78 is 11.3. The summed E-state index contributed by atoms with van der Waals surface area (Å²) in [7, 11) is 0. The van der Waals surface area contributed by atoms with Gasteiger partial charge in [0.1, 0.15) is 11.5 Å². The fraction of sp³-hybridized carbons (Fsp3) is 0.133. The van der Waals surface area contributed by atoms with Gasteiger partial charge >= 0.3 is 6.92 Å². The van der Waals surface area contributed by atoms with E-state index in [0.29, 0.717) is 12.3 Å². The highest BCUT2D eigenvalue weighted by Gasteiger charge is 2.23. The summed E-state index contributed by atoms with van der Waals surface area (Å²) in [6.07, 6.45) is 0. The second-order valence-electron chi connectivity index (χ2n) is 4.52. The quantitative estimate of drug-likeness (QED) is 0.601. The summed E-state index contributed by atoms with van der Waals surface area (Å²) in [5.74, 6) is 1.53. The molecule has 92 valence electrons. The SMILES string of the molecule is [C-]#[N+]c1ccc(Oc2ccc3c(c2)COB3C)cc1. The Morgan fingerprint density at radius 3 is 2.63 bits per heavy atom. The summed E-state index contributed by atoms with van der Waals surface area (Å²) in [5.41, 5.74) is 3.03. The molecule has 3 rings (SSSR count). The molecule has 0 bridgehead atoms. The van der Waals surface area contributed by atoms with Crippen molar-refractivity contribution in [3.05, 3.63) is 59.4 Å². The van der Waals surface area contributed by atoms with Crippen LogP contribution in [0.25, 0.3) is 4.85 Å². The zero-order valence-corrected chi connectivity index (χ0v) is 10.6. The molecule has 1 heterocycles. The van der Waals surface area contributed by atoms with Crippen LogP contribution in [0.5, 0.6) is 11.5 Å². The largest absolute Gasteiger partial charge is 0.457 e. The van der Waals surface area contributed by atoms with Crippen LogP contribution in [-0.4, -0.2) is 6.92 Å². The highest BCUT2D eigenvalue weighted by atomic mass is 16.5. The lowest BCUT2D eigenvalue weighted by molar-refractivity contribution is 0.333. The zero-order valence-electron chi connectivity index (χ0n) is 10.6. The number of rotatable bonds is 2. The molecule has 0 fully saturated rings. The van der Waals surface area contributed by atoms with Gasteiger partial charge in [-0.1, -0.05) is 25.0 Å². The maximum Gasteiger partial charge on any atom is 0.324 e. The molecule has 1 aliphatic rings. The number of hydrogen-bond acceptors (Lipinski definition) is 2. The predicted molar refractivity (Wildman–Crippen MR) is 75.3 cm³/mol. The van der Waals surface area contributed by atoms with Crippen molar-refractivity contribution in [3.8, 4) is 11.5 Å². The summed E-state index contributed by atoms with van der Waals surface area (Å²) in [5, 5.41) is 0. The minimum absolute atomic E-state index is 0.169. The van der Waals surface area contributed by atoms with Crippen molar-refractivity contribution in [1.82, 2.24) is 0 Å². The Bertz CT molecular complexity index is 646. The first-order chi connectivity index (χ1) is 9.26. The molecule has 0 saturated carbocycles. The average Bonchev–Trinajstić information content (AvgIpc) is 2.81. The second-order valence-corrected chi connectivity index (χ2v) is 4.52. The first kappa shape index (κ1) is 11.8. The van der Waals surface area contributed by atoms with E-state index in [1.54, 1.807) is 24.3 Å². The fourth-order valence-corrected chi connectivity index (χ4v) is 2.20. The fourth-order valence-electron chi connectivity index (χ4n) is 2.20. The van der Waals surface area contributed by atoms with Crippen LogP contribution in [0.15, 0.2) is 42.5 Å². The lowest BCUT2D eigenvalue weighted by Crippen LogP contribution is -2.23. The van der Waals surface area contributed by atoms with Crippen LogP contribution in [-0.2, 0) is 11.3 Å². The molecule has 2 aromatic rings. The van der Waals surface area contributed by atoms with Crippen LogP contribution >= 0.6 is 0 Å². The van der Waals surface area contributed by atoms with Crippen molar-refractivity contribution in [3.63, 3.8) is 0 Å². The molecular weight excluding hydrogens is 237 g/mol. The van der Waals surface area contributed by atoms with Crippen molar-refractivity contribution in [2.75, 3.05) is 0 Å². The smallest absolute Gasteiger partial charge is 0.324 e.